The molecule has 0 saturated heterocycles. The van der Waals surface area contributed by atoms with Crippen molar-refractivity contribution in [1.29, 1.82) is 0 Å². The molecule has 0 bridgehead atoms. The molecular formula is C24H28ClN5O2S. The fraction of sp³-hybridized carbons (Fsp3) is 0.333. The number of hydrogen-bond acceptors (Lipinski definition) is 6. The lowest BCUT2D eigenvalue weighted by Crippen LogP contribution is -2.20. The van der Waals surface area contributed by atoms with Gasteiger partial charge >= 0.3 is 0 Å². The Morgan fingerprint density at radius 2 is 1.67 bits per heavy atom. The highest BCUT2D eigenvalue weighted by Gasteiger charge is 2.22. The summed E-state index contributed by atoms with van der Waals surface area (Å²) in [6.45, 7) is 5.71. The maximum absolute atomic E-state index is 12.8. The lowest BCUT2D eigenvalue weighted by molar-refractivity contribution is -0.118. The Kier molecular flexibility index (Phi) is 8.29. The molecule has 2 aromatic carbocycles. The average molecular weight is 486 g/mol. The topological polar surface area (TPSA) is 80.1 Å². The second kappa shape index (κ2) is 11.0. The van der Waals surface area contributed by atoms with Gasteiger partial charge in [-0.2, -0.15) is 0 Å². The van der Waals surface area contributed by atoms with Crippen molar-refractivity contribution in [2.75, 3.05) is 25.2 Å². The molecule has 0 aliphatic carbocycles. The van der Waals surface area contributed by atoms with Gasteiger partial charge in [0.15, 0.2) is 16.8 Å². The summed E-state index contributed by atoms with van der Waals surface area (Å²) in [5.41, 5.74) is 2.13. The Morgan fingerprint density at radius 1 is 1.03 bits per heavy atom. The van der Waals surface area contributed by atoms with E-state index in [1.807, 2.05) is 56.8 Å². The SMILES string of the molecule is CC(C)C(=O)Nc1ccc(C(=O)CSc2nnc(C(C)N(C)C)n2-c2ccc(Cl)cc2)cc1. The van der Waals surface area contributed by atoms with Gasteiger partial charge in [0, 0.05) is 27.9 Å². The van der Waals surface area contributed by atoms with Gasteiger partial charge in [-0.05, 0) is 69.6 Å². The predicted octanol–water partition coefficient (Wildman–Crippen LogP) is 5.11. The quantitative estimate of drug-likeness (QED) is 0.335. The number of anilines is 1. The van der Waals surface area contributed by atoms with E-state index in [1.54, 1.807) is 24.3 Å². The van der Waals surface area contributed by atoms with Crippen molar-refractivity contribution >= 4 is 40.7 Å². The number of carbonyl (C=O) groups excluding carboxylic acids is 2. The molecule has 3 aromatic rings. The van der Waals surface area contributed by atoms with E-state index >= 15 is 0 Å². The molecule has 1 unspecified atom stereocenters. The Bertz CT molecular complexity index is 1110. The summed E-state index contributed by atoms with van der Waals surface area (Å²) in [6.07, 6.45) is 0. The molecule has 1 heterocycles. The van der Waals surface area contributed by atoms with Crippen LogP contribution in [0.2, 0.25) is 5.02 Å². The number of nitrogens with one attached hydrogen (secondary N) is 1. The van der Waals surface area contributed by atoms with Crippen molar-refractivity contribution in [2.24, 2.45) is 5.92 Å². The maximum atomic E-state index is 12.8. The summed E-state index contributed by atoms with van der Waals surface area (Å²) >= 11 is 7.40. The summed E-state index contributed by atoms with van der Waals surface area (Å²) < 4.78 is 1.96. The molecule has 7 nitrogen and oxygen atoms in total. The van der Waals surface area contributed by atoms with Gasteiger partial charge in [-0.15, -0.1) is 10.2 Å². The number of amides is 1. The number of benzene rings is 2. The third kappa shape index (κ3) is 6.22. The molecular weight excluding hydrogens is 458 g/mol. The first-order chi connectivity index (χ1) is 15.7. The van der Waals surface area contributed by atoms with Crippen molar-refractivity contribution in [3.05, 3.63) is 64.9 Å². The van der Waals surface area contributed by atoms with Crippen molar-refractivity contribution < 1.29 is 9.59 Å². The number of halogens is 1. The molecule has 0 spiro atoms. The lowest BCUT2D eigenvalue weighted by atomic mass is 10.1. The highest BCUT2D eigenvalue weighted by molar-refractivity contribution is 7.99. The van der Waals surface area contributed by atoms with E-state index in [9.17, 15) is 9.59 Å². The lowest BCUT2D eigenvalue weighted by Gasteiger charge is -2.20. The predicted molar refractivity (Wildman–Crippen MR) is 133 cm³/mol. The Hall–Kier alpha value is -2.68. The van der Waals surface area contributed by atoms with E-state index in [2.05, 4.69) is 27.3 Å². The molecule has 174 valence electrons. The fourth-order valence-corrected chi connectivity index (χ4v) is 3.93. The van der Waals surface area contributed by atoms with Crippen LogP contribution in [0.5, 0.6) is 0 Å². The average Bonchev–Trinajstić information content (AvgIpc) is 3.21. The van der Waals surface area contributed by atoms with Crippen LogP contribution in [-0.4, -0.2) is 51.2 Å². The second-order valence-electron chi connectivity index (χ2n) is 8.23. The smallest absolute Gasteiger partial charge is 0.226 e. The molecule has 0 fully saturated rings. The van der Waals surface area contributed by atoms with Crippen LogP contribution in [0, 0.1) is 5.92 Å². The Morgan fingerprint density at radius 3 is 2.24 bits per heavy atom. The van der Waals surface area contributed by atoms with E-state index in [0.717, 1.165) is 11.5 Å². The van der Waals surface area contributed by atoms with Crippen molar-refractivity contribution in [3.8, 4) is 5.69 Å². The zero-order valence-electron chi connectivity index (χ0n) is 19.4. The minimum Gasteiger partial charge on any atom is -0.326 e. The fourth-order valence-electron chi connectivity index (χ4n) is 2.95. The number of Topliss-reactive ketones (excluding diaryl/α,β-unsaturated/α-hetero) is 1. The van der Waals surface area contributed by atoms with Gasteiger partial charge < -0.3 is 5.32 Å². The monoisotopic (exact) mass is 485 g/mol. The zero-order chi connectivity index (χ0) is 24.1. The molecule has 0 aliphatic rings. The third-order valence-corrected chi connectivity index (χ3v) is 6.40. The van der Waals surface area contributed by atoms with Gasteiger partial charge in [0.1, 0.15) is 0 Å². The summed E-state index contributed by atoms with van der Waals surface area (Å²) in [5.74, 6) is 0.784. The van der Waals surface area contributed by atoms with Crippen molar-refractivity contribution in [2.45, 2.75) is 32.0 Å². The second-order valence-corrected chi connectivity index (χ2v) is 9.60. The molecule has 1 N–H and O–H groups in total. The molecule has 0 saturated carbocycles. The van der Waals surface area contributed by atoms with E-state index in [-0.39, 0.29) is 29.4 Å². The minimum absolute atomic E-state index is 0.0202. The number of rotatable bonds is 9. The van der Waals surface area contributed by atoms with Crippen LogP contribution in [0.3, 0.4) is 0 Å². The first-order valence-electron chi connectivity index (χ1n) is 10.6. The Labute approximate surface area is 203 Å². The van der Waals surface area contributed by atoms with E-state index < -0.39 is 0 Å². The standard InChI is InChI=1S/C24H28ClN5O2S/c1-15(2)23(32)26-19-10-6-17(7-11-19)21(31)14-33-24-28-27-22(16(3)29(4)5)30(24)20-12-8-18(25)9-13-20/h6-13,15-16H,14H2,1-5H3,(H,26,32). The van der Waals surface area contributed by atoms with Gasteiger partial charge in [0.05, 0.1) is 11.8 Å². The van der Waals surface area contributed by atoms with E-state index in [1.165, 1.54) is 11.8 Å². The summed E-state index contributed by atoms with van der Waals surface area (Å²) in [4.78, 5) is 26.7. The molecule has 33 heavy (non-hydrogen) atoms. The maximum Gasteiger partial charge on any atom is 0.226 e. The number of nitrogens with zero attached hydrogens (tertiary/aromatic N) is 4. The molecule has 1 atom stereocenters. The minimum atomic E-state index is -0.110. The number of ketones is 1. The van der Waals surface area contributed by atoms with Gasteiger partial charge in [0.2, 0.25) is 5.91 Å². The molecule has 3 rings (SSSR count). The van der Waals surface area contributed by atoms with E-state index in [0.29, 0.717) is 21.4 Å². The van der Waals surface area contributed by atoms with Crippen LogP contribution in [-0.2, 0) is 4.79 Å². The van der Waals surface area contributed by atoms with Crippen molar-refractivity contribution in [1.82, 2.24) is 19.7 Å². The summed E-state index contributed by atoms with van der Waals surface area (Å²) in [6, 6.07) is 14.4. The highest BCUT2D eigenvalue weighted by Crippen LogP contribution is 2.28. The molecule has 1 aromatic heterocycles. The largest absolute Gasteiger partial charge is 0.326 e. The first-order valence-corrected chi connectivity index (χ1v) is 12.0. The van der Waals surface area contributed by atoms with Crippen LogP contribution in [0.1, 0.15) is 43.0 Å². The number of carbonyl (C=O) groups is 2. The van der Waals surface area contributed by atoms with Crippen molar-refractivity contribution in [3.63, 3.8) is 0 Å². The third-order valence-electron chi connectivity index (χ3n) is 5.22. The van der Waals surface area contributed by atoms with E-state index in [4.69, 9.17) is 11.6 Å². The molecule has 0 aliphatic heterocycles. The van der Waals surface area contributed by atoms with Gasteiger partial charge in [-0.1, -0.05) is 37.2 Å². The zero-order valence-corrected chi connectivity index (χ0v) is 20.9. The van der Waals surface area contributed by atoms with Gasteiger partial charge in [0.25, 0.3) is 0 Å². The van der Waals surface area contributed by atoms with Crippen LogP contribution < -0.4 is 5.32 Å². The van der Waals surface area contributed by atoms with Crippen LogP contribution in [0.15, 0.2) is 53.7 Å². The molecule has 1 amide bonds. The normalized spacial score (nSPS) is 12.2. The van der Waals surface area contributed by atoms with Crippen LogP contribution >= 0.6 is 23.4 Å². The number of thioether (sulfide) groups is 1. The first kappa shape index (κ1) is 25.0. The van der Waals surface area contributed by atoms with Crippen LogP contribution in [0.25, 0.3) is 5.69 Å². The highest BCUT2D eigenvalue weighted by atomic mass is 35.5. The summed E-state index contributed by atoms with van der Waals surface area (Å²) in [5, 5.41) is 12.9. The number of hydrogen-bond donors (Lipinski definition) is 1. The Balaban J connectivity index is 1.77. The van der Waals surface area contributed by atoms with Crippen LogP contribution in [0.4, 0.5) is 5.69 Å². The van der Waals surface area contributed by atoms with Gasteiger partial charge in [-0.25, -0.2) is 0 Å². The summed E-state index contributed by atoms with van der Waals surface area (Å²) in [7, 11) is 3.96. The van der Waals surface area contributed by atoms with Gasteiger partial charge in [-0.3, -0.25) is 19.1 Å². The molecule has 0 radical (unpaired) electrons. The number of aromatic nitrogens is 3. The molecule has 9 heteroatoms.